The number of thiazole rings is 1. The van der Waals surface area contributed by atoms with Crippen LogP contribution in [-0.4, -0.2) is 4.98 Å². The number of hydrogen-bond acceptors (Lipinski definition) is 2. The minimum atomic E-state index is 0.746. The standard InChI is InChI=1S/C10H8ClNS/c11-7-3-4-8-9(5-7)13-10(12-8)6-1-2-6/h3-6H,1-2H2. The van der Waals surface area contributed by atoms with Crippen LogP contribution < -0.4 is 0 Å². The van der Waals surface area contributed by atoms with E-state index in [2.05, 4.69) is 4.98 Å². The van der Waals surface area contributed by atoms with E-state index in [0.717, 1.165) is 16.5 Å². The van der Waals surface area contributed by atoms with Gasteiger partial charge in [-0.25, -0.2) is 4.98 Å². The Hall–Kier alpha value is -0.600. The Morgan fingerprint density at radius 1 is 1.38 bits per heavy atom. The zero-order valence-corrected chi connectivity index (χ0v) is 8.53. The molecule has 0 amide bonds. The van der Waals surface area contributed by atoms with Crippen LogP contribution >= 0.6 is 22.9 Å². The highest BCUT2D eigenvalue weighted by atomic mass is 35.5. The first kappa shape index (κ1) is 7.77. The van der Waals surface area contributed by atoms with E-state index in [1.54, 1.807) is 11.3 Å². The summed E-state index contributed by atoms with van der Waals surface area (Å²) in [5.74, 6) is 0.746. The van der Waals surface area contributed by atoms with Crippen LogP contribution in [0.4, 0.5) is 0 Å². The third-order valence-corrected chi connectivity index (χ3v) is 3.71. The number of rotatable bonds is 1. The largest absolute Gasteiger partial charge is 0.241 e. The summed E-state index contributed by atoms with van der Waals surface area (Å²) >= 11 is 7.69. The van der Waals surface area contributed by atoms with E-state index < -0.39 is 0 Å². The summed E-state index contributed by atoms with van der Waals surface area (Å²) in [5, 5.41) is 2.09. The first-order valence-corrected chi connectivity index (χ1v) is 5.58. The molecular weight excluding hydrogens is 202 g/mol. The Balaban J connectivity index is 2.20. The van der Waals surface area contributed by atoms with Crippen LogP contribution in [0.3, 0.4) is 0 Å². The van der Waals surface area contributed by atoms with Crippen molar-refractivity contribution in [1.29, 1.82) is 0 Å². The van der Waals surface area contributed by atoms with E-state index in [9.17, 15) is 0 Å². The van der Waals surface area contributed by atoms with Crippen molar-refractivity contribution in [2.75, 3.05) is 0 Å². The van der Waals surface area contributed by atoms with Gasteiger partial charge in [0.1, 0.15) is 0 Å². The third kappa shape index (κ3) is 1.34. The van der Waals surface area contributed by atoms with E-state index in [1.165, 1.54) is 22.5 Å². The Labute approximate surface area is 85.4 Å². The van der Waals surface area contributed by atoms with Gasteiger partial charge in [-0.3, -0.25) is 0 Å². The predicted molar refractivity (Wildman–Crippen MR) is 56.6 cm³/mol. The van der Waals surface area contributed by atoms with Crippen molar-refractivity contribution in [2.24, 2.45) is 0 Å². The van der Waals surface area contributed by atoms with E-state index >= 15 is 0 Å². The van der Waals surface area contributed by atoms with Crippen molar-refractivity contribution in [1.82, 2.24) is 4.98 Å². The fourth-order valence-electron chi connectivity index (χ4n) is 1.42. The second-order valence-electron chi connectivity index (χ2n) is 3.44. The van der Waals surface area contributed by atoms with Crippen LogP contribution in [0.1, 0.15) is 23.8 Å². The summed E-state index contributed by atoms with van der Waals surface area (Å²) in [7, 11) is 0. The van der Waals surface area contributed by atoms with Gasteiger partial charge in [-0.1, -0.05) is 11.6 Å². The van der Waals surface area contributed by atoms with E-state index in [4.69, 9.17) is 11.6 Å². The van der Waals surface area contributed by atoms with Gasteiger partial charge in [-0.05, 0) is 31.0 Å². The molecular formula is C10H8ClNS. The minimum Gasteiger partial charge on any atom is -0.241 e. The lowest BCUT2D eigenvalue weighted by Gasteiger charge is -1.86. The summed E-state index contributed by atoms with van der Waals surface area (Å²) in [4.78, 5) is 4.58. The number of halogens is 1. The summed E-state index contributed by atoms with van der Waals surface area (Å²) in [5.41, 5.74) is 1.09. The average Bonchev–Trinajstić information content (AvgIpc) is 2.87. The summed E-state index contributed by atoms with van der Waals surface area (Å²) in [6.45, 7) is 0. The van der Waals surface area contributed by atoms with E-state index in [1.807, 2.05) is 18.2 Å². The molecule has 0 atom stereocenters. The Morgan fingerprint density at radius 2 is 2.23 bits per heavy atom. The molecule has 1 heterocycles. The fourth-order valence-corrected chi connectivity index (χ4v) is 2.83. The number of aromatic nitrogens is 1. The number of hydrogen-bond donors (Lipinski definition) is 0. The maximum absolute atomic E-state index is 5.90. The molecule has 0 unspecified atom stereocenters. The van der Waals surface area contributed by atoms with Crippen molar-refractivity contribution in [3.63, 3.8) is 0 Å². The number of benzene rings is 1. The van der Waals surface area contributed by atoms with Gasteiger partial charge >= 0.3 is 0 Å². The SMILES string of the molecule is Clc1ccc2nc(C3CC3)sc2c1. The van der Waals surface area contributed by atoms with Crippen molar-refractivity contribution in [2.45, 2.75) is 18.8 Å². The van der Waals surface area contributed by atoms with Gasteiger partial charge < -0.3 is 0 Å². The topological polar surface area (TPSA) is 12.9 Å². The maximum Gasteiger partial charge on any atom is 0.0969 e. The van der Waals surface area contributed by atoms with Gasteiger partial charge in [-0.15, -0.1) is 11.3 Å². The molecule has 1 aromatic heterocycles. The molecule has 3 heteroatoms. The zero-order valence-electron chi connectivity index (χ0n) is 6.96. The van der Waals surface area contributed by atoms with Crippen molar-refractivity contribution < 1.29 is 0 Å². The van der Waals surface area contributed by atoms with Crippen LogP contribution in [-0.2, 0) is 0 Å². The molecule has 0 bridgehead atoms. The Bertz CT molecular complexity index is 459. The highest BCUT2D eigenvalue weighted by Crippen LogP contribution is 2.43. The molecule has 1 fully saturated rings. The summed E-state index contributed by atoms with van der Waals surface area (Å²) in [6.07, 6.45) is 2.63. The third-order valence-electron chi connectivity index (χ3n) is 2.29. The van der Waals surface area contributed by atoms with Crippen molar-refractivity contribution in [3.8, 4) is 0 Å². The first-order chi connectivity index (χ1) is 6.33. The van der Waals surface area contributed by atoms with Crippen LogP contribution in [0.5, 0.6) is 0 Å². The molecule has 3 rings (SSSR count). The maximum atomic E-state index is 5.90. The highest BCUT2D eigenvalue weighted by Gasteiger charge is 2.26. The molecule has 0 saturated heterocycles. The van der Waals surface area contributed by atoms with Crippen LogP contribution in [0.25, 0.3) is 10.2 Å². The normalized spacial score (nSPS) is 16.7. The number of nitrogens with zero attached hydrogens (tertiary/aromatic N) is 1. The van der Waals surface area contributed by atoms with Crippen LogP contribution in [0.15, 0.2) is 18.2 Å². The van der Waals surface area contributed by atoms with E-state index in [-0.39, 0.29) is 0 Å². The Kier molecular flexibility index (Phi) is 1.61. The lowest BCUT2D eigenvalue weighted by molar-refractivity contribution is 1.10. The molecule has 0 radical (unpaired) electrons. The van der Waals surface area contributed by atoms with Gasteiger partial charge in [0.25, 0.3) is 0 Å². The van der Waals surface area contributed by atoms with Gasteiger partial charge in [0.15, 0.2) is 0 Å². The van der Waals surface area contributed by atoms with Gasteiger partial charge in [0.2, 0.25) is 0 Å². The molecule has 1 aliphatic rings. The molecule has 13 heavy (non-hydrogen) atoms. The van der Waals surface area contributed by atoms with E-state index in [0.29, 0.717) is 0 Å². The quantitative estimate of drug-likeness (QED) is 0.696. The lowest BCUT2D eigenvalue weighted by Crippen LogP contribution is -1.73. The lowest BCUT2D eigenvalue weighted by atomic mass is 10.3. The smallest absolute Gasteiger partial charge is 0.0969 e. The molecule has 1 nitrogen and oxygen atoms in total. The molecule has 0 spiro atoms. The summed E-state index contributed by atoms with van der Waals surface area (Å²) in [6, 6.07) is 5.90. The second kappa shape index (κ2) is 2.69. The fraction of sp³-hybridized carbons (Fsp3) is 0.300. The van der Waals surface area contributed by atoms with Gasteiger partial charge in [0, 0.05) is 10.9 Å². The summed E-state index contributed by atoms with van der Waals surface area (Å²) < 4.78 is 1.22. The van der Waals surface area contributed by atoms with Crippen LogP contribution in [0, 0.1) is 0 Å². The zero-order chi connectivity index (χ0) is 8.84. The molecule has 1 aromatic carbocycles. The molecule has 0 aliphatic heterocycles. The predicted octanol–water partition coefficient (Wildman–Crippen LogP) is 3.83. The minimum absolute atomic E-state index is 0.746. The molecule has 66 valence electrons. The first-order valence-electron chi connectivity index (χ1n) is 4.39. The molecule has 1 saturated carbocycles. The average molecular weight is 210 g/mol. The second-order valence-corrected chi connectivity index (χ2v) is 4.94. The number of fused-ring (bicyclic) bond motifs is 1. The van der Waals surface area contributed by atoms with Crippen LogP contribution in [0.2, 0.25) is 5.02 Å². The van der Waals surface area contributed by atoms with Gasteiger partial charge in [0.05, 0.1) is 15.2 Å². The van der Waals surface area contributed by atoms with Crippen molar-refractivity contribution >= 4 is 33.2 Å². The van der Waals surface area contributed by atoms with Gasteiger partial charge in [-0.2, -0.15) is 0 Å². The molecule has 2 aromatic rings. The van der Waals surface area contributed by atoms with Crippen molar-refractivity contribution in [3.05, 3.63) is 28.2 Å². The molecule has 0 N–H and O–H groups in total. The Morgan fingerprint density at radius 3 is 3.00 bits per heavy atom. The molecule has 1 aliphatic carbocycles. The monoisotopic (exact) mass is 209 g/mol. The highest BCUT2D eigenvalue weighted by molar-refractivity contribution is 7.18.